The molecule has 1 atom stereocenters. The highest BCUT2D eigenvalue weighted by Gasteiger charge is 2.25. The van der Waals surface area contributed by atoms with E-state index in [1.165, 1.54) is 36.3 Å². The van der Waals surface area contributed by atoms with Crippen LogP contribution in [0.3, 0.4) is 0 Å². The Kier molecular flexibility index (Phi) is 5.49. The van der Waals surface area contributed by atoms with E-state index in [1.54, 1.807) is 25.1 Å². The van der Waals surface area contributed by atoms with Crippen molar-refractivity contribution in [2.45, 2.75) is 38.6 Å². The summed E-state index contributed by atoms with van der Waals surface area (Å²) < 4.78 is 37.2. The van der Waals surface area contributed by atoms with Gasteiger partial charge in [-0.3, -0.25) is 0 Å². The van der Waals surface area contributed by atoms with E-state index in [9.17, 15) is 8.78 Å². The summed E-state index contributed by atoms with van der Waals surface area (Å²) in [4.78, 5) is 8.76. The number of rotatable bonds is 5. The van der Waals surface area contributed by atoms with Crippen LogP contribution in [0, 0.1) is 18.6 Å². The van der Waals surface area contributed by atoms with Crippen LogP contribution in [0.25, 0.3) is 5.69 Å². The lowest BCUT2D eigenvalue weighted by atomic mass is 9.93. The smallest absolute Gasteiger partial charge is 0.246 e. The van der Waals surface area contributed by atoms with Gasteiger partial charge >= 0.3 is 0 Å². The predicted octanol–water partition coefficient (Wildman–Crippen LogP) is 4.51. The van der Waals surface area contributed by atoms with Crippen molar-refractivity contribution in [3.8, 4) is 11.4 Å². The number of aryl methyl sites for hydroxylation is 2. The summed E-state index contributed by atoms with van der Waals surface area (Å²) in [6, 6.07) is 9.36. The fourth-order valence-corrected chi connectivity index (χ4v) is 4.14. The number of halogens is 2. The van der Waals surface area contributed by atoms with E-state index in [1.807, 2.05) is 4.68 Å². The molecule has 4 aromatic rings. The Balaban J connectivity index is 1.47. The minimum absolute atomic E-state index is 0.00605. The molecule has 1 N–H and O–H groups in total. The zero-order valence-electron chi connectivity index (χ0n) is 18.3. The molecule has 0 saturated heterocycles. The standard InChI is InChI=1S/C23H23F2N7O/c1-14-26-13-32(29-14)20-11-18(25)19(12-21(20)33-2)27-23-28-22-17(5-3-4-10-31(22)30-23)15-6-8-16(24)9-7-15/h6-9,11-13,17H,3-5,10H2,1-2H3,(H,27,30)/t17-/m1/s1. The highest BCUT2D eigenvalue weighted by atomic mass is 19.1. The maximum atomic E-state index is 15.0. The molecule has 0 bridgehead atoms. The monoisotopic (exact) mass is 451 g/mol. The van der Waals surface area contributed by atoms with E-state index in [2.05, 4.69) is 25.5 Å². The molecule has 2 aromatic carbocycles. The molecule has 0 aliphatic carbocycles. The molecular weight excluding hydrogens is 428 g/mol. The number of hydrogen-bond donors (Lipinski definition) is 1. The molecular formula is C23H23F2N7O. The van der Waals surface area contributed by atoms with E-state index in [4.69, 9.17) is 4.74 Å². The van der Waals surface area contributed by atoms with Crippen LogP contribution in [-0.4, -0.2) is 36.6 Å². The minimum Gasteiger partial charge on any atom is -0.494 e. The molecule has 0 amide bonds. The van der Waals surface area contributed by atoms with Crippen molar-refractivity contribution in [3.05, 3.63) is 71.6 Å². The molecule has 170 valence electrons. The van der Waals surface area contributed by atoms with E-state index in [0.717, 1.165) is 37.2 Å². The van der Waals surface area contributed by atoms with Crippen LogP contribution in [0.4, 0.5) is 20.4 Å². The summed E-state index contributed by atoms with van der Waals surface area (Å²) in [6.45, 7) is 2.47. The predicted molar refractivity (Wildman–Crippen MR) is 118 cm³/mol. The zero-order chi connectivity index (χ0) is 22.9. The number of methoxy groups -OCH3 is 1. The molecule has 3 heterocycles. The van der Waals surface area contributed by atoms with Gasteiger partial charge in [-0.25, -0.2) is 23.1 Å². The van der Waals surface area contributed by atoms with Crippen LogP contribution in [0.15, 0.2) is 42.7 Å². The first kappa shape index (κ1) is 21.0. The molecule has 10 heteroatoms. The summed E-state index contributed by atoms with van der Waals surface area (Å²) in [6.07, 6.45) is 4.37. The third kappa shape index (κ3) is 4.15. The average molecular weight is 451 g/mol. The van der Waals surface area contributed by atoms with E-state index >= 15 is 0 Å². The van der Waals surface area contributed by atoms with Crippen molar-refractivity contribution in [1.82, 2.24) is 29.5 Å². The summed E-state index contributed by atoms with van der Waals surface area (Å²) in [5.74, 6) is 1.29. The van der Waals surface area contributed by atoms with Gasteiger partial charge in [-0.1, -0.05) is 18.6 Å². The largest absolute Gasteiger partial charge is 0.494 e. The third-order valence-electron chi connectivity index (χ3n) is 5.77. The lowest BCUT2D eigenvalue weighted by Gasteiger charge is -2.14. The Morgan fingerprint density at radius 1 is 1.09 bits per heavy atom. The van der Waals surface area contributed by atoms with Gasteiger partial charge in [-0.2, -0.15) is 10.1 Å². The molecule has 0 radical (unpaired) electrons. The van der Waals surface area contributed by atoms with Crippen molar-refractivity contribution in [3.63, 3.8) is 0 Å². The maximum Gasteiger partial charge on any atom is 0.246 e. The molecule has 8 nitrogen and oxygen atoms in total. The van der Waals surface area contributed by atoms with E-state index in [-0.39, 0.29) is 17.4 Å². The molecule has 0 fully saturated rings. The van der Waals surface area contributed by atoms with Crippen molar-refractivity contribution < 1.29 is 13.5 Å². The summed E-state index contributed by atoms with van der Waals surface area (Å²) in [7, 11) is 1.51. The highest BCUT2D eigenvalue weighted by molar-refractivity contribution is 5.62. The lowest BCUT2D eigenvalue weighted by Crippen LogP contribution is -2.08. The lowest BCUT2D eigenvalue weighted by molar-refractivity contribution is 0.410. The van der Waals surface area contributed by atoms with Gasteiger partial charge in [0.1, 0.15) is 41.0 Å². The van der Waals surface area contributed by atoms with Gasteiger partial charge < -0.3 is 10.1 Å². The first-order valence-electron chi connectivity index (χ1n) is 10.7. The second-order valence-corrected chi connectivity index (χ2v) is 7.98. The normalized spacial score (nSPS) is 15.7. The SMILES string of the molecule is COc1cc(Nc2nc3n(n2)CCCC[C@@H]3c2ccc(F)cc2)c(F)cc1-n1cnc(C)n1. The van der Waals surface area contributed by atoms with Crippen LogP contribution in [0.5, 0.6) is 5.75 Å². The molecule has 1 aliphatic rings. The Morgan fingerprint density at radius 2 is 1.91 bits per heavy atom. The summed E-state index contributed by atoms with van der Waals surface area (Å²) in [5, 5.41) is 11.8. The average Bonchev–Trinajstić information content (AvgIpc) is 3.36. The Bertz CT molecular complexity index is 1280. The number of ether oxygens (including phenoxy) is 1. The van der Waals surface area contributed by atoms with Crippen molar-refractivity contribution in [2.75, 3.05) is 12.4 Å². The number of hydrogen-bond acceptors (Lipinski definition) is 6. The van der Waals surface area contributed by atoms with Gasteiger partial charge in [-0.05, 0) is 37.5 Å². The second kappa shape index (κ2) is 8.61. The van der Waals surface area contributed by atoms with E-state index < -0.39 is 5.82 Å². The quantitative estimate of drug-likeness (QED) is 0.481. The topological polar surface area (TPSA) is 82.7 Å². The van der Waals surface area contributed by atoms with Crippen molar-refractivity contribution >= 4 is 11.6 Å². The van der Waals surface area contributed by atoms with Crippen molar-refractivity contribution in [1.29, 1.82) is 0 Å². The van der Waals surface area contributed by atoms with Crippen LogP contribution < -0.4 is 10.1 Å². The van der Waals surface area contributed by atoms with Gasteiger partial charge in [0.2, 0.25) is 5.95 Å². The maximum absolute atomic E-state index is 15.0. The Morgan fingerprint density at radius 3 is 2.64 bits per heavy atom. The van der Waals surface area contributed by atoms with Gasteiger partial charge in [0.25, 0.3) is 0 Å². The number of benzene rings is 2. The first-order chi connectivity index (χ1) is 16.0. The Hall–Kier alpha value is -3.82. The summed E-state index contributed by atoms with van der Waals surface area (Å²) >= 11 is 0. The minimum atomic E-state index is -0.501. The molecule has 0 unspecified atom stereocenters. The number of nitrogens with one attached hydrogen (secondary N) is 1. The van der Waals surface area contributed by atoms with Crippen LogP contribution >= 0.6 is 0 Å². The van der Waals surface area contributed by atoms with Crippen LogP contribution in [0.1, 0.15) is 42.4 Å². The Labute approximate surface area is 189 Å². The molecule has 5 rings (SSSR count). The van der Waals surface area contributed by atoms with Gasteiger partial charge in [0, 0.05) is 24.6 Å². The number of anilines is 2. The number of aromatic nitrogens is 6. The summed E-state index contributed by atoms with van der Waals surface area (Å²) in [5.41, 5.74) is 1.61. The zero-order valence-corrected chi connectivity index (χ0v) is 18.3. The van der Waals surface area contributed by atoms with Crippen LogP contribution in [0.2, 0.25) is 0 Å². The van der Waals surface area contributed by atoms with Gasteiger partial charge in [0.15, 0.2) is 0 Å². The molecule has 2 aromatic heterocycles. The van der Waals surface area contributed by atoms with Crippen LogP contribution in [-0.2, 0) is 6.54 Å². The fourth-order valence-electron chi connectivity index (χ4n) is 4.14. The second-order valence-electron chi connectivity index (χ2n) is 7.98. The molecule has 0 saturated carbocycles. The van der Waals surface area contributed by atoms with Gasteiger partial charge in [0.05, 0.1) is 12.8 Å². The molecule has 0 spiro atoms. The fraction of sp³-hybridized carbons (Fsp3) is 0.304. The molecule has 33 heavy (non-hydrogen) atoms. The van der Waals surface area contributed by atoms with Crippen molar-refractivity contribution in [2.24, 2.45) is 0 Å². The van der Waals surface area contributed by atoms with E-state index in [0.29, 0.717) is 23.2 Å². The number of nitrogens with zero attached hydrogens (tertiary/aromatic N) is 6. The third-order valence-corrected chi connectivity index (χ3v) is 5.77. The van der Waals surface area contributed by atoms with Gasteiger partial charge in [-0.15, -0.1) is 5.10 Å². The highest BCUT2D eigenvalue weighted by Crippen LogP contribution is 2.34. The molecule has 1 aliphatic heterocycles. The first-order valence-corrected chi connectivity index (χ1v) is 10.7. The number of fused-ring (bicyclic) bond motifs is 1.